The van der Waals surface area contributed by atoms with Crippen LogP contribution in [0.25, 0.3) is 0 Å². The predicted octanol–water partition coefficient (Wildman–Crippen LogP) is 2.11. The van der Waals surface area contributed by atoms with Crippen LogP contribution in [0, 0.1) is 0 Å². The van der Waals surface area contributed by atoms with E-state index in [1.807, 2.05) is 18.2 Å². The fourth-order valence-electron chi connectivity index (χ4n) is 1.54. The van der Waals surface area contributed by atoms with Gasteiger partial charge in [-0.2, -0.15) is 0 Å². The van der Waals surface area contributed by atoms with Crippen LogP contribution in [0.4, 0.5) is 17.2 Å². The van der Waals surface area contributed by atoms with Crippen LogP contribution in [0.15, 0.2) is 36.5 Å². The van der Waals surface area contributed by atoms with Gasteiger partial charge in [0.05, 0.1) is 18.4 Å². The first-order chi connectivity index (χ1) is 9.10. The summed E-state index contributed by atoms with van der Waals surface area (Å²) in [5.74, 6) is 0.0381. The number of aromatic nitrogens is 1. The number of nitrogens with zero attached hydrogens (tertiary/aromatic N) is 1. The minimum absolute atomic E-state index is 0.0497. The Balaban J connectivity index is 2.25. The quantitative estimate of drug-likeness (QED) is 0.778. The summed E-state index contributed by atoms with van der Waals surface area (Å²) in [6, 6.07) is 8.61. The molecule has 0 atom stereocenters. The normalized spacial score (nSPS) is 9.95. The minimum Gasteiger partial charge on any atom is -0.497 e. The van der Waals surface area contributed by atoms with Crippen molar-refractivity contribution in [1.29, 1.82) is 0 Å². The molecule has 0 amide bonds. The maximum atomic E-state index is 10.8. The fraction of sp³-hybridized carbons (Fsp3) is 0.0769. The van der Waals surface area contributed by atoms with Crippen LogP contribution in [-0.4, -0.2) is 23.2 Å². The van der Waals surface area contributed by atoms with Crippen LogP contribution in [0.3, 0.4) is 0 Å². The number of ether oxygens (including phenoxy) is 1. The maximum Gasteiger partial charge on any atom is 0.337 e. The van der Waals surface area contributed by atoms with Gasteiger partial charge >= 0.3 is 5.97 Å². The van der Waals surface area contributed by atoms with Crippen molar-refractivity contribution in [1.82, 2.24) is 4.98 Å². The number of benzene rings is 1. The smallest absolute Gasteiger partial charge is 0.337 e. The number of nitrogen functional groups attached to an aromatic ring is 1. The fourth-order valence-corrected chi connectivity index (χ4v) is 1.54. The Morgan fingerprint density at radius 3 is 2.84 bits per heavy atom. The maximum absolute atomic E-state index is 10.8. The van der Waals surface area contributed by atoms with Gasteiger partial charge in [0, 0.05) is 18.0 Å². The van der Waals surface area contributed by atoms with Crippen LogP contribution in [0.5, 0.6) is 5.75 Å². The van der Waals surface area contributed by atoms with E-state index in [9.17, 15) is 4.79 Å². The topological polar surface area (TPSA) is 97.5 Å². The molecule has 0 aliphatic heterocycles. The molecule has 0 radical (unpaired) electrons. The van der Waals surface area contributed by atoms with Crippen LogP contribution in [0.1, 0.15) is 10.4 Å². The van der Waals surface area contributed by atoms with E-state index in [1.54, 1.807) is 13.2 Å². The molecular formula is C13H13N3O3. The summed E-state index contributed by atoms with van der Waals surface area (Å²) in [7, 11) is 1.58. The highest BCUT2D eigenvalue weighted by molar-refractivity contribution is 5.89. The van der Waals surface area contributed by atoms with Crippen LogP contribution in [0.2, 0.25) is 0 Å². The summed E-state index contributed by atoms with van der Waals surface area (Å²) in [5, 5.41) is 11.8. The Labute approximate surface area is 109 Å². The number of nitrogens with one attached hydrogen (secondary N) is 1. The van der Waals surface area contributed by atoms with E-state index in [0.29, 0.717) is 11.6 Å². The SMILES string of the molecule is COc1cccc(Nc2ncc(C(=O)O)cc2N)c1. The number of carboxylic acid groups (broad SMARTS) is 1. The molecular weight excluding hydrogens is 246 g/mol. The average molecular weight is 259 g/mol. The number of nitrogens with two attached hydrogens (primary N) is 1. The number of carboxylic acids is 1. The van der Waals surface area contributed by atoms with E-state index in [2.05, 4.69) is 10.3 Å². The number of hydrogen-bond acceptors (Lipinski definition) is 5. The molecule has 4 N–H and O–H groups in total. The number of hydrogen-bond donors (Lipinski definition) is 3. The molecule has 1 aromatic heterocycles. The van der Waals surface area contributed by atoms with Crippen molar-refractivity contribution in [3.63, 3.8) is 0 Å². The highest BCUT2D eigenvalue weighted by atomic mass is 16.5. The van der Waals surface area contributed by atoms with Gasteiger partial charge < -0.3 is 20.9 Å². The molecule has 0 unspecified atom stereocenters. The van der Waals surface area contributed by atoms with E-state index in [4.69, 9.17) is 15.6 Å². The zero-order valence-corrected chi connectivity index (χ0v) is 10.3. The zero-order chi connectivity index (χ0) is 13.8. The molecule has 19 heavy (non-hydrogen) atoms. The molecule has 0 saturated carbocycles. The first-order valence-corrected chi connectivity index (χ1v) is 5.50. The Hall–Kier alpha value is -2.76. The number of rotatable bonds is 4. The average Bonchev–Trinajstić information content (AvgIpc) is 2.41. The van der Waals surface area contributed by atoms with Gasteiger partial charge in [0.25, 0.3) is 0 Å². The first kappa shape index (κ1) is 12.7. The molecule has 0 aliphatic carbocycles. The molecule has 6 heteroatoms. The van der Waals surface area contributed by atoms with E-state index in [0.717, 1.165) is 5.69 Å². The predicted molar refractivity (Wildman–Crippen MR) is 71.9 cm³/mol. The second-order valence-electron chi connectivity index (χ2n) is 3.82. The highest BCUT2D eigenvalue weighted by Gasteiger charge is 2.08. The number of carbonyl (C=O) groups is 1. The highest BCUT2D eigenvalue weighted by Crippen LogP contribution is 2.24. The van der Waals surface area contributed by atoms with E-state index < -0.39 is 5.97 Å². The van der Waals surface area contributed by atoms with Crippen molar-refractivity contribution < 1.29 is 14.6 Å². The summed E-state index contributed by atoms with van der Waals surface area (Å²) < 4.78 is 5.10. The lowest BCUT2D eigenvalue weighted by Gasteiger charge is -2.09. The van der Waals surface area contributed by atoms with Crippen molar-refractivity contribution in [2.75, 3.05) is 18.2 Å². The second kappa shape index (κ2) is 5.26. The van der Waals surface area contributed by atoms with Gasteiger partial charge in [0.2, 0.25) is 0 Å². The van der Waals surface area contributed by atoms with Crippen molar-refractivity contribution in [2.45, 2.75) is 0 Å². The molecule has 6 nitrogen and oxygen atoms in total. The Bertz CT molecular complexity index is 614. The van der Waals surface area contributed by atoms with Crippen molar-refractivity contribution in [3.8, 4) is 5.75 Å². The summed E-state index contributed by atoms with van der Waals surface area (Å²) >= 11 is 0. The number of methoxy groups -OCH3 is 1. The summed E-state index contributed by atoms with van der Waals surface area (Å²) in [5.41, 5.74) is 6.83. The van der Waals surface area contributed by atoms with E-state index >= 15 is 0 Å². The van der Waals surface area contributed by atoms with Crippen LogP contribution in [-0.2, 0) is 0 Å². The monoisotopic (exact) mass is 259 g/mol. The summed E-state index contributed by atoms with van der Waals surface area (Å²) in [6.07, 6.45) is 1.25. The molecule has 0 spiro atoms. The summed E-state index contributed by atoms with van der Waals surface area (Å²) in [6.45, 7) is 0. The molecule has 2 rings (SSSR count). The van der Waals surface area contributed by atoms with Crippen molar-refractivity contribution in [3.05, 3.63) is 42.1 Å². The van der Waals surface area contributed by atoms with Gasteiger partial charge in [-0.25, -0.2) is 9.78 Å². The van der Waals surface area contributed by atoms with Gasteiger partial charge in [-0.1, -0.05) is 6.07 Å². The molecule has 0 aliphatic rings. The van der Waals surface area contributed by atoms with Gasteiger partial charge in [-0.3, -0.25) is 0 Å². The van der Waals surface area contributed by atoms with Gasteiger partial charge in [0.1, 0.15) is 5.75 Å². The zero-order valence-electron chi connectivity index (χ0n) is 10.3. The Morgan fingerprint density at radius 2 is 2.21 bits per heavy atom. The third-order valence-corrected chi connectivity index (χ3v) is 2.50. The molecule has 2 aromatic rings. The Morgan fingerprint density at radius 1 is 1.42 bits per heavy atom. The molecule has 0 saturated heterocycles. The molecule has 0 bridgehead atoms. The lowest BCUT2D eigenvalue weighted by molar-refractivity contribution is 0.0696. The number of pyridine rings is 1. The molecule has 98 valence electrons. The van der Waals surface area contributed by atoms with Crippen LogP contribution < -0.4 is 15.8 Å². The largest absolute Gasteiger partial charge is 0.497 e. The number of aromatic carboxylic acids is 1. The van der Waals surface area contributed by atoms with Crippen molar-refractivity contribution >= 4 is 23.2 Å². The van der Waals surface area contributed by atoms with Crippen molar-refractivity contribution in [2.24, 2.45) is 0 Å². The lowest BCUT2D eigenvalue weighted by Crippen LogP contribution is -2.03. The summed E-state index contributed by atoms with van der Waals surface area (Å²) in [4.78, 5) is 14.8. The third kappa shape index (κ3) is 2.92. The van der Waals surface area contributed by atoms with Crippen LogP contribution >= 0.6 is 0 Å². The van der Waals surface area contributed by atoms with E-state index in [1.165, 1.54) is 12.3 Å². The first-order valence-electron chi connectivity index (χ1n) is 5.50. The van der Waals surface area contributed by atoms with Gasteiger partial charge in [-0.15, -0.1) is 0 Å². The molecule has 1 aromatic carbocycles. The third-order valence-electron chi connectivity index (χ3n) is 2.50. The van der Waals surface area contributed by atoms with Gasteiger partial charge in [-0.05, 0) is 18.2 Å². The number of anilines is 3. The second-order valence-corrected chi connectivity index (χ2v) is 3.82. The van der Waals surface area contributed by atoms with E-state index in [-0.39, 0.29) is 11.3 Å². The Kier molecular flexibility index (Phi) is 3.51. The lowest BCUT2D eigenvalue weighted by atomic mass is 10.2. The standard InChI is InChI=1S/C13H13N3O3/c1-19-10-4-2-3-9(6-10)16-12-11(14)5-8(7-15-12)13(17)18/h2-7H,14H2,1H3,(H,15,16)(H,17,18). The van der Waals surface area contributed by atoms with Gasteiger partial charge in [0.15, 0.2) is 5.82 Å². The molecule has 1 heterocycles. The molecule has 0 fully saturated rings. The minimum atomic E-state index is -1.06.